The number of para-hydroxylation sites is 2. The van der Waals surface area contributed by atoms with Crippen molar-refractivity contribution in [1.82, 2.24) is 19.5 Å². The van der Waals surface area contributed by atoms with Crippen LogP contribution in [0.2, 0.25) is 0 Å². The van der Waals surface area contributed by atoms with Gasteiger partial charge < -0.3 is 4.57 Å². The van der Waals surface area contributed by atoms with Gasteiger partial charge in [0, 0.05) is 63.4 Å². The average molecular weight is 701 g/mol. The molecule has 0 aliphatic heterocycles. The first kappa shape index (κ1) is 29.6. The quantitative estimate of drug-likeness (QED) is 0.184. The predicted octanol–water partition coefficient (Wildman–Crippen LogP) is 12.4. The summed E-state index contributed by atoms with van der Waals surface area (Å²) in [6.45, 7) is 2.29. The maximum Gasteiger partial charge on any atom is 0.166 e. The SMILES string of the molecule is CC1C=Cc2c(c3ccccc3n2-c2ccccc2-c2nc(-c3ccc4c(c3)sc3c#cccc34)nc(-c3cccc4c3sc3ccccc34)n2)C1. The topological polar surface area (TPSA) is 43.6 Å². The Bertz CT molecular complexity index is 3090. The van der Waals surface area contributed by atoms with Crippen LogP contribution in [0.15, 0.2) is 127 Å². The molecule has 4 aromatic heterocycles. The number of rotatable bonds is 4. The number of nitrogens with zero attached hydrogens (tertiary/aromatic N) is 4. The molecule has 6 heteroatoms. The van der Waals surface area contributed by atoms with E-state index in [0.717, 1.165) is 33.5 Å². The van der Waals surface area contributed by atoms with Gasteiger partial charge in [-0.25, -0.2) is 15.0 Å². The third kappa shape index (κ3) is 4.50. The van der Waals surface area contributed by atoms with Crippen molar-refractivity contribution in [1.29, 1.82) is 0 Å². The molecule has 0 spiro atoms. The van der Waals surface area contributed by atoms with E-state index in [0.29, 0.717) is 23.4 Å². The van der Waals surface area contributed by atoms with E-state index in [-0.39, 0.29) is 0 Å². The molecule has 4 nitrogen and oxygen atoms in total. The van der Waals surface area contributed by atoms with Gasteiger partial charge in [-0.3, -0.25) is 0 Å². The molecule has 1 aliphatic carbocycles. The first-order valence-electron chi connectivity index (χ1n) is 17.5. The molecule has 0 saturated heterocycles. The lowest BCUT2D eigenvalue weighted by atomic mass is 9.93. The minimum absolute atomic E-state index is 0.488. The van der Waals surface area contributed by atoms with Crippen LogP contribution in [0.1, 0.15) is 18.2 Å². The molecule has 0 bridgehead atoms. The Balaban J connectivity index is 1.18. The number of benzene rings is 5. The number of hydrogen-bond donors (Lipinski definition) is 0. The minimum Gasteiger partial charge on any atom is -0.309 e. The molecule has 4 heterocycles. The van der Waals surface area contributed by atoms with Crippen molar-refractivity contribution in [3.63, 3.8) is 0 Å². The van der Waals surface area contributed by atoms with Gasteiger partial charge in [0.05, 0.1) is 15.9 Å². The van der Waals surface area contributed by atoms with E-state index in [2.05, 4.69) is 151 Å². The summed E-state index contributed by atoms with van der Waals surface area (Å²) in [5.74, 6) is 2.45. The second-order valence-corrected chi connectivity index (χ2v) is 15.6. The molecule has 11 rings (SSSR count). The van der Waals surface area contributed by atoms with Gasteiger partial charge in [0.15, 0.2) is 17.5 Å². The van der Waals surface area contributed by atoms with Crippen LogP contribution in [0.5, 0.6) is 0 Å². The summed E-state index contributed by atoms with van der Waals surface area (Å²) in [6, 6.07) is 49.4. The highest BCUT2D eigenvalue weighted by molar-refractivity contribution is 7.26. The van der Waals surface area contributed by atoms with E-state index in [1.54, 1.807) is 22.7 Å². The van der Waals surface area contributed by atoms with Gasteiger partial charge >= 0.3 is 0 Å². The van der Waals surface area contributed by atoms with E-state index in [4.69, 9.17) is 15.0 Å². The largest absolute Gasteiger partial charge is 0.309 e. The fraction of sp³-hybridized carbons (Fsp3) is 0.0652. The number of hydrogen-bond acceptors (Lipinski definition) is 5. The fourth-order valence-electron chi connectivity index (χ4n) is 7.89. The smallest absolute Gasteiger partial charge is 0.166 e. The monoisotopic (exact) mass is 700 g/mol. The Morgan fingerprint density at radius 2 is 1.40 bits per heavy atom. The van der Waals surface area contributed by atoms with E-state index < -0.39 is 0 Å². The Labute approximate surface area is 308 Å². The molecular weight excluding hydrogens is 673 g/mol. The van der Waals surface area contributed by atoms with Crippen molar-refractivity contribution >= 4 is 80.0 Å². The van der Waals surface area contributed by atoms with Crippen molar-refractivity contribution < 1.29 is 0 Å². The van der Waals surface area contributed by atoms with E-state index in [1.807, 2.05) is 6.07 Å². The van der Waals surface area contributed by atoms with Crippen molar-refractivity contribution in [2.75, 3.05) is 0 Å². The first-order chi connectivity index (χ1) is 25.7. The average Bonchev–Trinajstić information content (AvgIpc) is 3.87. The van der Waals surface area contributed by atoms with Crippen LogP contribution < -0.4 is 0 Å². The normalized spacial score (nSPS) is 14.1. The zero-order valence-electron chi connectivity index (χ0n) is 28.1. The van der Waals surface area contributed by atoms with Crippen molar-refractivity contribution in [3.8, 4) is 39.9 Å². The molecule has 10 aromatic rings. The summed E-state index contributed by atoms with van der Waals surface area (Å²) in [5, 5.41) is 6.16. The molecule has 244 valence electrons. The summed E-state index contributed by atoms with van der Waals surface area (Å²) in [4.78, 5) is 15.9. The van der Waals surface area contributed by atoms with Crippen LogP contribution in [0.3, 0.4) is 0 Å². The fourth-order valence-corrected chi connectivity index (χ4v) is 10.2. The number of fused-ring (bicyclic) bond motifs is 9. The number of allylic oxidation sites excluding steroid dienone is 1. The van der Waals surface area contributed by atoms with Crippen LogP contribution in [0, 0.1) is 18.1 Å². The third-order valence-corrected chi connectivity index (χ3v) is 12.6. The molecule has 1 atom stereocenters. The van der Waals surface area contributed by atoms with Gasteiger partial charge in [-0.05, 0) is 72.5 Å². The lowest BCUT2D eigenvalue weighted by molar-refractivity contribution is 0.718. The second-order valence-electron chi connectivity index (χ2n) is 13.5. The van der Waals surface area contributed by atoms with Gasteiger partial charge in [-0.15, -0.1) is 22.7 Å². The van der Waals surface area contributed by atoms with Crippen LogP contribution in [-0.4, -0.2) is 19.5 Å². The van der Waals surface area contributed by atoms with E-state index in [1.165, 1.54) is 57.8 Å². The van der Waals surface area contributed by atoms with Crippen LogP contribution in [-0.2, 0) is 6.42 Å². The predicted molar refractivity (Wildman–Crippen MR) is 218 cm³/mol. The van der Waals surface area contributed by atoms with Gasteiger partial charge in [0.25, 0.3) is 0 Å². The van der Waals surface area contributed by atoms with Crippen LogP contribution >= 0.6 is 22.7 Å². The molecule has 1 aliphatic rings. The van der Waals surface area contributed by atoms with Crippen LogP contribution in [0.4, 0.5) is 0 Å². The van der Waals surface area contributed by atoms with Crippen molar-refractivity contribution in [2.24, 2.45) is 5.92 Å². The summed E-state index contributed by atoms with van der Waals surface area (Å²) < 4.78 is 7.10. The number of thiophene rings is 2. The molecule has 0 radical (unpaired) electrons. The Hall–Kier alpha value is -6.13. The molecule has 0 amide bonds. The zero-order valence-corrected chi connectivity index (χ0v) is 29.7. The lowest BCUT2D eigenvalue weighted by Gasteiger charge is -2.18. The lowest BCUT2D eigenvalue weighted by Crippen LogP contribution is -2.07. The van der Waals surface area contributed by atoms with Crippen LogP contribution in [0.25, 0.3) is 97.2 Å². The third-order valence-electron chi connectivity index (χ3n) is 10.3. The molecular formula is C46H28N4S2. The Morgan fingerprint density at radius 1 is 0.654 bits per heavy atom. The molecule has 0 saturated carbocycles. The maximum absolute atomic E-state index is 5.34. The summed E-state index contributed by atoms with van der Waals surface area (Å²) in [7, 11) is 0. The second kappa shape index (κ2) is 11.4. The maximum atomic E-state index is 5.34. The van der Waals surface area contributed by atoms with Crippen molar-refractivity contribution in [3.05, 3.63) is 151 Å². The highest BCUT2D eigenvalue weighted by Gasteiger charge is 2.24. The standard InChI is InChI=1S/C46H28N4S2/c1-27-21-24-39-36(25-27)29-11-2-6-17-37(29)50(39)38-18-7-3-14-34(38)45-47-44(28-22-23-32-30-12-4-8-19-40(30)51-42(32)26-28)48-46(49-45)35-16-10-15-33-31-13-5-9-20-41(31)52-43(33)35/h2-7,9-18,20-24,26-27H,25H2,1H3. The molecule has 52 heavy (non-hydrogen) atoms. The highest BCUT2D eigenvalue weighted by Crippen LogP contribution is 2.42. The highest BCUT2D eigenvalue weighted by atomic mass is 32.1. The number of aromatic nitrogens is 4. The van der Waals surface area contributed by atoms with Gasteiger partial charge in [0.1, 0.15) is 0 Å². The van der Waals surface area contributed by atoms with Crippen molar-refractivity contribution in [2.45, 2.75) is 13.3 Å². The molecule has 0 fully saturated rings. The van der Waals surface area contributed by atoms with E-state index in [9.17, 15) is 0 Å². The summed E-state index contributed by atoms with van der Waals surface area (Å²) >= 11 is 3.52. The van der Waals surface area contributed by atoms with Gasteiger partial charge in [-0.1, -0.05) is 97.9 Å². The molecule has 0 N–H and O–H groups in total. The molecule has 6 aromatic carbocycles. The Morgan fingerprint density at radius 3 is 2.35 bits per heavy atom. The Kier molecular flexibility index (Phi) is 6.51. The summed E-state index contributed by atoms with van der Waals surface area (Å²) in [6.07, 6.45) is 5.63. The molecule has 1 unspecified atom stereocenters. The minimum atomic E-state index is 0.488. The van der Waals surface area contributed by atoms with Gasteiger partial charge in [-0.2, -0.15) is 0 Å². The van der Waals surface area contributed by atoms with Gasteiger partial charge in [0.2, 0.25) is 0 Å². The summed E-state index contributed by atoms with van der Waals surface area (Å²) in [5.41, 5.74) is 7.77. The van der Waals surface area contributed by atoms with E-state index >= 15 is 0 Å². The zero-order chi connectivity index (χ0) is 34.3. The first-order valence-corrected chi connectivity index (χ1v) is 19.1.